The number of carbonyl (C=O) groups excluding carboxylic acids is 1. The molecule has 7 nitrogen and oxygen atoms in total. The molecule has 3 aromatic rings. The van der Waals surface area contributed by atoms with Gasteiger partial charge in [-0.1, -0.05) is 12.7 Å². The van der Waals surface area contributed by atoms with Crippen LogP contribution in [0.25, 0.3) is 17.2 Å². The number of nitrogens with zero attached hydrogens (tertiary/aromatic N) is 3. The predicted molar refractivity (Wildman–Crippen MR) is 127 cm³/mol. The number of nitrogens with one attached hydrogen (secondary N) is 1. The number of nitrogen functional groups attached to an aromatic ring is 1. The second kappa shape index (κ2) is 9.44. The van der Waals surface area contributed by atoms with Crippen LogP contribution in [0.1, 0.15) is 53.1 Å². The van der Waals surface area contributed by atoms with E-state index in [0.29, 0.717) is 17.0 Å². The quantitative estimate of drug-likeness (QED) is 0.433. The Hall–Kier alpha value is -3.82. The topological polar surface area (TPSA) is 95.1 Å². The van der Waals surface area contributed by atoms with Crippen LogP contribution in [0, 0.1) is 5.92 Å². The molecule has 0 radical (unpaired) electrons. The highest BCUT2D eigenvalue weighted by Gasteiger charge is 2.39. The number of hydrogen-bond donors (Lipinski definition) is 2. The summed E-state index contributed by atoms with van der Waals surface area (Å²) in [5, 5.41) is 6.65. The lowest BCUT2D eigenvalue weighted by atomic mass is 9.96. The summed E-state index contributed by atoms with van der Waals surface area (Å²) in [5.41, 5.74) is 6.23. The van der Waals surface area contributed by atoms with E-state index >= 15 is 0 Å². The van der Waals surface area contributed by atoms with Crippen LogP contribution < -0.4 is 15.8 Å². The molecule has 1 amide bonds. The molecule has 10 heteroatoms. The zero-order valence-corrected chi connectivity index (χ0v) is 19.4. The van der Waals surface area contributed by atoms with Crippen LogP contribution in [0.3, 0.4) is 0 Å². The first-order valence-electron chi connectivity index (χ1n) is 11.2. The highest BCUT2D eigenvalue weighted by Crippen LogP contribution is 2.42. The third kappa shape index (κ3) is 5.01. The number of ether oxygens (including phenoxy) is 1. The van der Waals surface area contributed by atoms with Crippen molar-refractivity contribution in [2.75, 3.05) is 12.8 Å². The van der Waals surface area contributed by atoms with Gasteiger partial charge in [0.05, 0.1) is 30.1 Å². The minimum Gasteiger partial charge on any atom is -0.497 e. The first-order chi connectivity index (χ1) is 16.7. The van der Waals surface area contributed by atoms with Gasteiger partial charge in [0.2, 0.25) is 0 Å². The maximum Gasteiger partial charge on any atom is 0.435 e. The fourth-order valence-electron chi connectivity index (χ4n) is 4.00. The Bertz CT molecular complexity index is 1260. The molecular formula is C25H26F3N5O2. The van der Waals surface area contributed by atoms with Gasteiger partial charge >= 0.3 is 6.18 Å². The smallest absolute Gasteiger partial charge is 0.435 e. The van der Waals surface area contributed by atoms with E-state index < -0.39 is 17.8 Å². The number of pyridine rings is 1. The second-order valence-electron chi connectivity index (χ2n) is 8.39. The Balaban J connectivity index is 1.76. The molecule has 2 aromatic heterocycles. The summed E-state index contributed by atoms with van der Waals surface area (Å²) in [7, 11) is 1.54. The van der Waals surface area contributed by atoms with Gasteiger partial charge in [-0.2, -0.15) is 18.3 Å². The number of carbonyl (C=O) groups is 1. The van der Waals surface area contributed by atoms with Crippen LogP contribution in [0.15, 0.2) is 43.2 Å². The number of anilines is 1. The highest BCUT2D eigenvalue weighted by atomic mass is 19.4. The molecule has 184 valence electrons. The van der Waals surface area contributed by atoms with Crippen LogP contribution in [0.2, 0.25) is 0 Å². The fraction of sp³-hybridized carbons (Fsp3) is 0.320. The third-order valence-corrected chi connectivity index (χ3v) is 6.01. The van der Waals surface area contributed by atoms with Crippen molar-refractivity contribution in [3.8, 4) is 16.9 Å². The van der Waals surface area contributed by atoms with Crippen molar-refractivity contribution in [1.29, 1.82) is 0 Å². The number of hydrogen-bond acceptors (Lipinski definition) is 5. The molecule has 1 fully saturated rings. The summed E-state index contributed by atoms with van der Waals surface area (Å²) >= 11 is 0. The first-order valence-corrected chi connectivity index (χ1v) is 11.2. The second-order valence-corrected chi connectivity index (χ2v) is 8.39. The number of amides is 1. The van der Waals surface area contributed by atoms with Gasteiger partial charge in [0, 0.05) is 36.1 Å². The van der Waals surface area contributed by atoms with Gasteiger partial charge in [0.25, 0.3) is 5.91 Å². The van der Waals surface area contributed by atoms with E-state index in [0.717, 1.165) is 12.8 Å². The maximum absolute atomic E-state index is 13.7. The molecule has 0 unspecified atom stereocenters. The first kappa shape index (κ1) is 24.3. The molecule has 35 heavy (non-hydrogen) atoms. The zero-order valence-electron chi connectivity index (χ0n) is 19.4. The number of aromatic nitrogens is 3. The molecule has 1 atom stereocenters. The highest BCUT2D eigenvalue weighted by molar-refractivity contribution is 6.03. The molecule has 1 saturated carbocycles. The maximum atomic E-state index is 13.7. The number of benzene rings is 1. The largest absolute Gasteiger partial charge is 0.497 e. The van der Waals surface area contributed by atoms with Crippen molar-refractivity contribution in [3.63, 3.8) is 0 Å². The summed E-state index contributed by atoms with van der Waals surface area (Å²) in [5.74, 6) is 0.296. The molecule has 2 heterocycles. The van der Waals surface area contributed by atoms with E-state index in [-0.39, 0.29) is 40.9 Å². The lowest BCUT2D eigenvalue weighted by molar-refractivity contribution is -0.141. The van der Waals surface area contributed by atoms with Gasteiger partial charge in [-0.05, 0) is 49.4 Å². The van der Waals surface area contributed by atoms with Crippen LogP contribution in [0.5, 0.6) is 5.75 Å². The normalized spacial score (nSPS) is 14.4. The summed E-state index contributed by atoms with van der Waals surface area (Å²) in [4.78, 5) is 17.8. The van der Waals surface area contributed by atoms with Crippen molar-refractivity contribution < 1.29 is 22.7 Å². The van der Waals surface area contributed by atoms with Crippen LogP contribution in [0.4, 0.5) is 18.9 Å². The van der Waals surface area contributed by atoms with Gasteiger partial charge in [-0.25, -0.2) is 0 Å². The van der Waals surface area contributed by atoms with E-state index in [2.05, 4.69) is 22.0 Å². The SMILES string of the molecule is C=Cc1cc(C(=O)N[C@H](c2cc(OC)ccn2)C2CC2)c(N)c(-c2cn(CC)nc2C(F)(F)F)c1. The molecule has 1 aromatic carbocycles. The van der Waals surface area contributed by atoms with E-state index in [4.69, 9.17) is 10.5 Å². The van der Waals surface area contributed by atoms with Crippen LogP contribution in [-0.2, 0) is 12.7 Å². The molecule has 1 aliphatic rings. The van der Waals surface area contributed by atoms with E-state index in [1.165, 1.54) is 29.1 Å². The molecule has 0 spiro atoms. The van der Waals surface area contributed by atoms with Gasteiger partial charge in [-0.15, -0.1) is 0 Å². The third-order valence-electron chi connectivity index (χ3n) is 6.01. The molecule has 0 aliphatic heterocycles. The van der Waals surface area contributed by atoms with Gasteiger partial charge in [-0.3, -0.25) is 14.5 Å². The number of methoxy groups -OCH3 is 1. The monoisotopic (exact) mass is 485 g/mol. The van der Waals surface area contributed by atoms with Crippen LogP contribution >= 0.6 is 0 Å². The average Bonchev–Trinajstić information content (AvgIpc) is 3.58. The minimum absolute atomic E-state index is 0.0586. The van der Waals surface area contributed by atoms with Crippen LogP contribution in [-0.4, -0.2) is 27.8 Å². The summed E-state index contributed by atoms with van der Waals surface area (Å²) < 4.78 is 47.7. The van der Waals surface area contributed by atoms with Gasteiger partial charge in [0.15, 0.2) is 5.69 Å². The Kier molecular flexibility index (Phi) is 6.56. The molecule has 0 bridgehead atoms. The molecule has 0 saturated heterocycles. The summed E-state index contributed by atoms with van der Waals surface area (Å²) in [6, 6.07) is 6.07. The average molecular weight is 486 g/mol. The summed E-state index contributed by atoms with van der Waals surface area (Å²) in [6.45, 7) is 5.64. The zero-order chi connectivity index (χ0) is 25.3. The van der Waals surface area contributed by atoms with Gasteiger partial charge in [0.1, 0.15) is 5.75 Å². The predicted octanol–water partition coefficient (Wildman–Crippen LogP) is 5.10. The van der Waals surface area contributed by atoms with Crippen molar-refractivity contribution in [2.45, 2.75) is 38.5 Å². The number of nitrogens with two attached hydrogens (primary N) is 1. The molecule has 3 N–H and O–H groups in total. The van der Waals surface area contributed by atoms with Crippen molar-refractivity contribution in [2.24, 2.45) is 5.92 Å². The minimum atomic E-state index is -4.69. The lowest BCUT2D eigenvalue weighted by Gasteiger charge is -2.20. The van der Waals surface area contributed by atoms with E-state index in [1.807, 2.05) is 0 Å². The number of rotatable bonds is 8. The fourth-order valence-corrected chi connectivity index (χ4v) is 4.00. The molecular weight excluding hydrogens is 459 g/mol. The van der Waals surface area contributed by atoms with E-state index in [1.54, 1.807) is 32.4 Å². The summed E-state index contributed by atoms with van der Waals surface area (Å²) in [6.07, 6.45) is 1.49. The number of alkyl halides is 3. The standard InChI is InChI=1S/C25H26F3N5O2/c1-4-14-10-17(19-13-33(5-2)32-23(19)25(26,27)28)21(29)18(11-14)24(34)31-22(15-6-7-15)20-12-16(35-3)8-9-30-20/h4,8-13,15,22H,1,5-7,29H2,2-3H3,(H,31,34)/t22-/m0/s1. The van der Waals surface area contributed by atoms with E-state index in [9.17, 15) is 18.0 Å². The van der Waals surface area contributed by atoms with Crippen molar-refractivity contribution >= 4 is 17.7 Å². The van der Waals surface area contributed by atoms with Crippen molar-refractivity contribution in [3.05, 3.63) is 65.8 Å². The Morgan fingerprint density at radius 1 is 1.34 bits per heavy atom. The Morgan fingerprint density at radius 3 is 2.69 bits per heavy atom. The van der Waals surface area contributed by atoms with Gasteiger partial charge < -0.3 is 15.8 Å². The van der Waals surface area contributed by atoms with Crippen molar-refractivity contribution in [1.82, 2.24) is 20.1 Å². The lowest BCUT2D eigenvalue weighted by Crippen LogP contribution is -2.31. The number of halogens is 3. The Labute approximate surface area is 200 Å². The number of aryl methyl sites for hydroxylation is 1. The Morgan fingerprint density at radius 2 is 2.09 bits per heavy atom. The molecule has 1 aliphatic carbocycles. The molecule has 4 rings (SSSR count).